The Bertz CT molecular complexity index is 241. The molecule has 0 radical (unpaired) electrons. The highest BCUT2D eigenvalue weighted by atomic mass is 16.2. The van der Waals surface area contributed by atoms with Crippen molar-refractivity contribution >= 4 is 11.8 Å². The minimum absolute atomic E-state index is 0.193. The second-order valence-corrected chi connectivity index (χ2v) is 2.51. The minimum Gasteiger partial charge on any atom is -0.285 e. The molecule has 1 heterocycles. The Balaban J connectivity index is 2.77. The number of nitrogens with zero attached hydrogens (tertiary/aromatic N) is 2. The highest BCUT2D eigenvalue weighted by molar-refractivity contribution is 5.99. The van der Waals surface area contributed by atoms with Crippen LogP contribution in [0.2, 0.25) is 0 Å². The van der Waals surface area contributed by atoms with Crippen LogP contribution in [-0.4, -0.2) is 23.8 Å². The molecular weight excluding hydrogens is 144 g/mol. The summed E-state index contributed by atoms with van der Waals surface area (Å²) in [4.78, 5) is 22.9. The number of rotatable bonds is 0. The maximum atomic E-state index is 11.0. The van der Waals surface area contributed by atoms with Crippen molar-refractivity contribution in [2.45, 2.75) is 12.8 Å². The SMILES string of the molecule is CN1C(=O)CCC(C#N)C1=O. The molecule has 4 nitrogen and oxygen atoms in total. The molecule has 0 aromatic heterocycles. The normalized spacial score (nSPS) is 25.1. The number of carbonyl (C=O) groups is 2. The zero-order chi connectivity index (χ0) is 8.43. The largest absolute Gasteiger partial charge is 0.285 e. The van der Waals surface area contributed by atoms with Crippen LogP contribution in [0.4, 0.5) is 0 Å². The maximum Gasteiger partial charge on any atom is 0.246 e. The van der Waals surface area contributed by atoms with Crippen molar-refractivity contribution in [3.63, 3.8) is 0 Å². The van der Waals surface area contributed by atoms with Gasteiger partial charge in [0.05, 0.1) is 6.07 Å². The van der Waals surface area contributed by atoms with Crippen molar-refractivity contribution in [1.82, 2.24) is 4.90 Å². The quantitative estimate of drug-likeness (QED) is 0.455. The average Bonchev–Trinajstić information content (AvgIpc) is 2.01. The van der Waals surface area contributed by atoms with E-state index in [1.165, 1.54) is 7.05 Å². The van der Waals surface area contributed by atoms with Gasteiger partial charge in [-0.15, -0.1) is 0 Å². The smallest absolute Gasteiger partial charge is 0.246 e. The Morgan fingerprint density at radius 3 is 2.82 bits per heavy atom. The van der Waals surface area contributed by atoms with Crippen molar-refractivity contribution in [2.75, 3.05) is 7.05 Å². The van der Waals surface area contributed by atoms with E-state index in [4.69, 9.17) is 5.26 Å². The summed E-state index contributed by atoms with van der Waals surface area (Å²) in [6.07, 6.45) is 0.680. The van der Waals surface area contributed by atoms with E-state index in [9.17, 15) is 9.59 Å². The van der Waals surface area contributed by atoms with Crippen LogP contribution < -0.4 is 0 Å². The van der Waals surface area contributed by atoms with E-state index < -0.39 is 5.92 Å². The average molecular weight is 152 g/mol. The number of hydrogen-bond acceptors (Lipinski definition) is 3. The molecule has 1 rings (SSSR count). The lowest BCUT2D eigenvalue weighted by atomic mass is 9.99. The standard InChI is InChI=1S/C7H8N2O2/c1-9-6(10)3-2-5(4-8)7(9)11/h5H,2-3H2,1H3. The molecule has 11 heavy (non-hydrogen) atoms. The Morgan fingerprint density at radius 2 is 2.27 bits per heavy atom. The van der Waals surface area contributed by atoms with Gasteiger partial charge >= 0.3 is 0 Å². The number of nitriles is 1. The van der Waals surface area contributed by atoms with Crippen molar-refractivity contribution in [3.05, 3.63) is 0 Å². The number of amides is 2. The van der Waals surface area contributed by atoms with E-state index >= 15 is 0 Å². The second-order valence-electron chi connectivity index (χ2n) is 2.51. The molecule has 1 fully saturated rings. The number of carbonyl (C=O) groups excluding carboxylic acids is 2. The van der Waals surface area contributed by atoms with Gasteiger partial charge in [0.1, 0.15) is 5.92 Å². The highest BCUT2D eigenvalue weighted by Gasteiger charge is 2.31. The molecule has 0 saturated carbocycles. The van der Waals surface area contributed by atoms with Crippen molar-refractivity contribution < 1.29 is 9.59 Å². The van der Waals surface area contributed by atoms with Gasteiger partial charge in [-0.25, -0.2) is 0 Å². The first-order chi connectivity index (χ1) is 5.16. The lowest BCUT2D eigenvalue weighted by Gasteiger charge is -2.23. The van der Waals surface area contributed by atoms with Gasteiger partial charge in [-0.05, 0) is 6.42 Å². The zero-order valence-electron chi connectivity index (χ0n) is 6.20. The van der Waals surface area contributed by atoms with E-state index in [0.29, 0.717) is 12.8 Å². The Kier molecular flexibility index (Phi) is 1.90. The third-order valence-corrected chi connectivity index (χ3v) is 1.81. The molecule has 1 aliphatic heterocycles. The predicted octanol–water partition coefficient (Wildman–Crippen LogP) is -0.0950. The van der Waals surface area contributed by atoms with Gasteiger partial charge in [-0.3, -0.25) is 14.5 Å². The number of imide groups is 1. The molecule has 1 atom stereocenters. The van der Waals surface area contributed by atoms with Crippen LogP contribution in [0.15, 0.2) is 0 Å². The summed E-state index contributed by atoms with van der Waals surface area (Å²) in [6, 6.07) is 1.86. The van der Waals surface area contributed by atoms with E-state index in [0.717, 1.165) is 4.90 Å². The van der Waals surface area contributed by atoms with Crippen LogP contribution in [0.3, 0.4) is 0 Å². The topological polar surface area (TPSA) is 61.2 Å². The van der Waals surface area contributed by atoms with Gasteiger partial charge in [0, 0.05) is 13.5 Å². The molecule has 0 aromatic rings. The molecule has 0 bridgehead atoms. The first-order valence-corrected chi connectivity index (χ1v) is 3.37. The summed E-state index contributed by atoms with van der Waals surface area (Å²) in [5, 5.41) is 8.46. The summed E-state index contributed by atoms with van der Waals surface area (Å²) in [5.41, 5.74) is 0. The van der Waals surface area contributed by atoms with Gasteiger partial charge in [0.2, 0.25) is 11.8 Å². The summed E-state index contributed by atoms with van der Waals surface area (Å²) >= 11 is 0. The molecule has 1 aliphatic rings. The van der Waals surface area contributed by atoms with Gasteiger partial charge in [-0.1, -0.05) is 0 Å². The number of hydrogen-bond donors (Lipinski definition) is 0. The van der Waals surface area contributed by atoms with E-state index in [1.54, 1.807) is 0 Å². The third kappa shape index (κ3) is 1.22. The maximum absolute atomic E-state index is 11.0. The minimum atomic E-state index is -0.613. The van der Waals surface area contributed by atoms with E-state index in [2.05, 4.69) is 0 Å². The molecule has 0 N–H and O–H groups in total. The fourth-order valence-electron chi connectivity index (χ4n) is 1.04. The molecule has 58 valence electrons. The van der Waals surface area contributed by atoms with E-state index in [-0.39, 0.29) is 11.8 Å². The van der Waals surface area contributed by atoms with Crippen molar-refractivity contribution in [2.24, 2.45) is 5.92 Å². The van der Waals surface area contributed by atoms with Crippen LogP contribution in [0, 0.1) is 17.2 Å². The van der Waals surface area contributed by atoms with Crippen molar-refractivity contribution in [3.8, 4) is 6.07 Å². The molecular formula is C7H8N2O2. The lowest BCUT2D eigenvalue weighted by molar-refractivity contribution is -0.148. The van der Waals surface area contributed by atoms with Gasteiger partial charge < -0.3 is 0 Å². The van der Waals surface area contributed by atoms with Gasteiger partial charge in [-0.2, -0.15) is 5.26 Å². The van der Waals surface area contributed by atoms with Gasteiger partial charge in [0.15, 0.2) is 0 Å². The number of piperidine rings is 1. The second kappa shape index (κ2) is 2.70. The van der Waals surface area contributed by atoms with Crippen molar-refractivity contribution in [1.29, 1.82) is 5.26 Å². The molecule has 0 aromatic carbocycles. The van der Waals surface area contributed by atoms with Crippen LogP contribution in [0.1, 0.15) is 12.8 Å². The Morgan fingerprint density at radius 1 is 1.64 bits per heavy atom. The first-order valence-electron chi connectivity index (χ1n) is 3.37. The van der Waals surface area contributed by atoms with E-state index in [1.807, 2.05) is 6.07 Å². The summed E-state index contributed by atoms with van der Waals surface area (Å²) < 4.78 is 0. The zero-order valence-corrected chi connectivity index (χ0v) is 6.20. The van der Waals surface area contributed by atoms with Crippen LogP contribution in [-0.2, 0) is 9.59 Å². The van der Waals surface area contributed by atoms with Crippen LogP contribution in [0.25, 0.3) is 0 Å². The first kappa shape index (κ1) is 7.73. The number of likely N-dealkylation sites (tertiary alicyclic amines) is 1. The third-order valence-electron chi connectivity index (χ3n) is 1.81. The van der Waals surface area contributed by atoms with Gasteiger partial charge in [0.25, 0.3) is 0 Å². The highest BCUT2D eigenvalue weighted by Crippen LogP contribution is 2.16. The van der Waals surface area contributed by atoms with Crippen LogP contribution in [0.5, 0.6) is 0 Å². The molecule has 2 amide bonds. The predicted molar refractivity (Wildman–Crippen MR) is 36.1 cm³/mol. The Labute approximate surface area is 64.4 Å². The molecule has 0 spiro atoms. The summed E-state index contributed by atoms with van der Waals surface area (Å²) in [7, 11) is 1.41. The fourth-order valence-corrected chi connectivity index (χ4v) is 1.04. The lowest BCUT2D eigenvalue weighted by Crippen LogP contribution is -2.41. The molecule has 1 saturated heterocycles. The molecule has 4 heteroatoms. The molecule has 0 aliphatic carbocycles. The summed E-state index contributed by atoms with van der Waals surface area (Å²) in [5.74, 6) is -1.18. The monoisotopic (exact) mass is 152 g/mol. The summed E-state index contributed by atoms with van der Waals surface area (Å²) in [6.45, 7) is 0. The Hall–Kier alpha value is -1.37. The van der Waals surface area contributed by atoms with Crippen LogP contribution >= 0.6 is 0 Å². The fraction of sp³-hybridized carbons (Fsp3) is 0.571. The molecule has 1 unspecified atom stereocenters.